The fraction of sp³-hybridized carbons (Fsp3) is 0.600. The molecule has 0 aliphatic carbocycles. The molecule has 1 amide bonds. The number of carbonyl (C=O) groups is 1. The molecule has 5 nitrogen and oxygen atoms in total. The molecule has 3 heterocycles. The van der Waals surface area contributed by atoms with Crippen LogP contribution in [0.15, 0.2) is 18.3 Å². The van der Waals surface area contributed by atoms with Crippen LogP contribution in [0.4, 0.5) is 5.82 Å². The largest absolute Gasteiger partial charge is 0.379 e. The maximum Gasteiger partial charge on any atom is 0.230 e. The maximum absolute atomic E-state index is 12.0. The molecule has 108 valence electrons. The van der Waals surface area contributed by atoms with E-state index in [0.717, 1.165) is 24.5 Å². The first-order chi connectivity index (χ1) is 9.67. The lowest BCUT2D eigenvalue weighted by Crippen LogP contribution is -2.51. The minimum Gasteiger partial charge on any atom is -0.379 e. The Morgan fingerprint density at radius 2 is 2.20 bits per heavy atom. The molecule has 0 radical (unpaired) electrons. The van der Waals surface area contributed by atoms with Crippen LogP contribution < -0.4 is 10.2 Å². The monoisotopic (exact) mass is 275 g/mol. The van der Waals surface area contributed by atoms with Crippen molar-refractivity contribution in [3.05, 3.63) is 23.9 Å². The molecule has 0 spiro atoms. The van der Waals surface area contributed by atoms with Crippen LogP contribution in [0, 0.1) is 5.41 Å². The lowest BCUT2D eigenvalue weighted by atomic mass is 9.87. The van der Waals surface area contributed by atoms with Crippen LogP contribution >= 0.6 is 0 Å². The van der Waals surface area contributed by atoms with E-state index in [1.54, 1.807) is 0 Å². The number of hydrogen-bond donors (Lipinski definition) is 1. The van der Waals surface area contributed by atoms with Gasteiger partial charge in [0.15, 0.2) is 0 Å². The highest BCUT2D eigenvalue weighted by Gasteiger charge is 2.40. The first-order valence-electron chi connectivity index (χ1n) is 7.23. The van der Waals surface area contributed by atoms with Crippen LogP contribution in [-0.2, 0) is 16.1 Å². The van der Waals surface area contributed by atoms with Crippen LogP contribution in [0.25, 0.3) is 0 Å². The Morgan fingerprint density at radius 3 is 2.85 bits per heavy atom. The summed E-state index contributed by atoms with van der Waals surface area (Å²) in [6, 6.07) is 4.03. The van der Waals surface area contributed by atoms with Gasteiger partial charge in [0.25, 0.3) is 0 Å². The van der Waals surface area contributed by atoms with Crippen molar-refractivity contribution in [1.29, 1.82) is 0 Å². The minimum atomic E-state index is -0.342. The summed E-state index contributed by atoms with van der Waals surface area (Å²) in [5.74, 6) is 1.09. The zero-order chi connectivity index (χ0) is 14.0. The summed E-state index contributed by atoms with van der Waals surface area (Å²) in [5.41, 5.74) is 0.754. The van der Waals surface area contributed by atoms with Gasteiger partial charge in [0.05, 0.1) is 18.6 Å². The summed E-state index contributed by atoms with van der Waals surface area (Å²) in [7, 11) is 0. The van der Waals surface area contributed by atoms with E-state index in [4.69, 9.17) is 4.74 Å². The van der Waals surface area contributed by atoms with Gasteiger partial charge in [-0.15, -0.1) is 0 Å². The Balaban J connectivity index is 1.60. The molecular formula is C15H21N3O2. The van der Waals surface area contributed by atoms with Crippen molar-refractivity contribution >= 4 is 11.7 Å². The Labute approximate surface area is 119 Å². The summed E-state index contributed by atoms with van der Waals surface area (Å²) in [4.78, 5) is 18.8. The summed E-state index contributed by atoms with van der Waals surface area (Å²) >= 11 is 0. The third-order valence-corrected chi connectivity index (χ3v) is 4.08. The van der Waals surface area contributed by atoms with Crippen molar-refractivity contribution in [2.75, 3.05) is 31.2 Å². The quantitative estimate of drug-likeness (QED) is 0.901. The van der Waals surface area contributed by atoms with Crippen molar-refractivity contribution in [2.45, 2.75) is 26.3 Å². The fourth-order valence-electron chi connectivity index (χ4n) is 2.62. The van der Waals surface area contributed by atoms with Crippen molar-refractivity contribution in [1.82, 2.24) is 10.3 Å². The molecule has 3 rings (SSSR count). The molecule has 5 heteroatoms. The second-order valence-electron chi connectivity index (χ2n) is 5.95. The first-order valence-corrected chi connectivity index (χ1v) is 7.23. The normalized spacial score (nSPS) is 20.6. The number of amides is 1. The van der Waals surface area contributed by atoms with E-state index in [-0.39, 0.29) is 11.3 Å². The van der Waals surface area contributed by atoms with Crippen LogP contribution in [-0.4, -0.2) is 37.2 Å². The average Bonchev–Trinajstić information content (AvgIpc) is 2.96. The molecule has 1 N–H and O–H groups in total. The van der Waals surface area contributed by atoms with Crippen molar-refractivity contribution < 1.29 is 9.53 Å². The summed E-state index contributed by atoms with van der Waals surface area (Å²) in [6.45, 7) is 5.70. The third-order valence-electron chi connectivity index (χ3n) is 4.08. The average molecular weight is 275 g/mol. The van der Waals surface area contributed by atoms with E-state index in [9.17, 15) is 4.79 Å². The molecular weight excluding hydrogens is 254 g/mol. The van der Waals surface area contributed by atoms with Crippen LogP contribution in [0.5, 0.6) is 0 Å². The smallest absolute Gasteiger partial charge is 0.230 e. The molecule has 1 aromatic rings. The lowest BCUT2D eigenvalue weighted by Gasteiger charge is -2.36. The van der Waals surface area contributed by atoms with E-state index in [2.05, 4.69) is 21.3 Å². The highest BCUT2D eigenvalue weighted by molar-refractivity contribution is 5.83. The molecule has 1 aromatic heterocycles. The standard InChI is InChI=1S/C15H21N3O2/c1-15(10-20-11-15)14(19)17-9-12-4-5-16-13(8-12)18-6-2-3-7-18/h4-5,8H,2-3,6-7,9-11H2,1H3,(H,17,19). The summed E-state index contributed by atoms with van der Waals surface area (Å²) < 4.78 is 5.12. The van der Waals surface area contributed by atoms with Crippen molar-refractivity contribution in [3.63, 3.8) is 0 Å². The Morgan fingerprint density at radius 1 is 1.45 bits per heavy atom. The topological polar surface area (TPSA) is 54.5 Å². The van der Waals surface area contributed by atoms with E-state index < -0.39 is 0 Å². The second-order valence-corrected chi connectivity index (χ2v) is 5.95. The molecule has 2 fully saturated rings. The highest BCUT2D eigenvalue weighted by Crippen LogP contribution is 2.26. The van der Waals surface area contributed by atoms with E-state index >= 15 is 0 Å². The van der Waals surface area contributed by atoms with Gasteiger partial charge in [0, 0.05) is 25.8 Å². The van der Waals surface area contributed by atoms with Gasteiger partial charge >= 0.3 is 0 Å². The Bertz CT molecular complexity index is 494. The number of hydrogen-bond acceptors (Lipinski definition) is 4. The third kappa shape index (κ3) is 2.63. The van der Waals surface area contributed by atoms with Crippen molar-refractivity contribution in [3.8, 4) is 0 Å². The van der Waals surface area contributed by atoms with Crippen LogP contribution in [0.2, 0.25) is 0 Å². The molecule has 0 atom stereocenters. The predicted octanol–water partition coefficient (Wildman–Crippen LogP) is 1.33. The number of aromatic nitrogens is 1. The number of ether oxygens (including phenoxy) is 1. The molecule has 2 saturated heterocycles. The molecule has 0 unspecified atom stereocenters. The van der Waals surface area contributed by atoms with Gasteiger partial charge in [-0.3, -0.25) is 4.79 Å². The zero-order valence-electron chi connectivity index (χ0n) is 11.9. The van der Waals surface area contributed by atoms with Gasteiger partial charge in [-0.1, -0.05) is 0 Å². The number of nitrogens with zero attached hydrogens (tertiary/aromatic N) is 2. The van der Waals surface area contributed by atoms with Crippen LogP contribution in [0.1, 0.15) is 25.3 Å². The molecule has 0 saturated carbocycles. The highest BCUT2D eigenvalue weighted by atomic mass is 16.5. The Kier molecular flexibility index (Phi) is 3.61. The lowest BCUT2D eigenvalue weighted by molar-refractivity contribution is -0.157. The number of carbonyl (C=O) groups excluding carboxylic acids is 1. The molecule has 2 aliphatic heterocycles. The van der Waals surface area contributed by atoms with Gasteiger partial charge in [-0.05, 0) is 37.5 Å². The van der Waals surface area contributed by atoms with E-state index in [1.165, 1.54) is 12.8 Å². The number of pyridine rings is 1. The molecule has 0 bridgehead atoms. The van der Waals surface area contributed by atoms with Crippen LogP contribution in [0.3, 0.4) is 0 Å². The first kappa shape index (κ1) is 13.4. The van der Waals surface area contributed by atoms with Gasteiger partial charge in [0.2, 0.25) is 5.91 Å². The van der Waals surface area contributed by atoms with Crippen molar-refractivity contribution in [2.24, 2.45) is 5.41 Å². The fourth-order valence-corrected chi connectivity index (χ4v) is 2.62. The number of anilines is 1. The predicted molar refractivity (Wildman–Crippen MR) is 76.5 cm³/mol. The molecule has 20 heavy (non-hydrogen) atoms. The molecule has 2 aliphatic rings. The van der Waals surface area contributed by atoms with Gasteiger partial charge in [0.1, 0.15) is 5.82 Å². The minimum absolute atomic E-state index is 0.0725. The van der Waals surface area contributed by atoms with E-state index in [0.29, 0.717) is 19.8 Å². The van der Waals surface area contributed by atoms with Gasteiger partial charge in [-0.2, -0.15) is 0 Å². The SMILES string of the molecule is CC1(C(=O)NCc2ccnc(N3CCCC3)c2)COC1. The summed E-state index contributed by atoms with van der Waals surface area (Å²) in [6.07, 6.45) is 4.30. The maximum atomic E-state index is 12.0. The molecule has 0 aromatic carbocycles. The summed E-state index contributed by atoms with van der Waals surface area (Å²) in [5, 5.41) is 2.99. The second kappa shape index (κ2) is 5.40. The van der Waals surface area contributed by atoms with Gasteiger partial charge in [-0.25, -0.2) is 4.98 Å². The Hall–Kier alpha value is -1.62. The van der Waals surface area contributed by atoms with E-state index in [1.807, 2.05) is 19.2 Å². The number of nitrogens with one attached hydrogen (secondary N) is 1. The zero-order valence-corrected chi connectivity index (χ0v) is 11.9. The van der Waals surface area contributed by atoms with Gasteiger partial charge < -0.3 is 15.0 Å². The number of rotatable bonds is 4.